The molecule has 0 aliphatic heterocycles. The van der Waals surface area contributed by atoms with Crippen molar-refractivity contribution in [2.45, 2.75) is 37.0 Å². The Labute approximate surface area is 127 Å². The topological polar surface area (TPSA) is 55.1 Å². The summed E-state index contributed by atoms with van der Waals surface area (Å²) in [5.41, 5.74) is 5.79. The largest absolute Gasteiger partial charge is 0.354 e. The molecule has 0 heterocycles. The summed E-state index contributed by atoms with van der Waals surface area (Å²) in [7, 11) is 0. The lowest BCUT2D eigenvalue weighted by Gasteiger charge is -2.17. The predicted octanol–water partition coefficient (Wildman–Crippen LogP) is 3.03. The van der Waals surface area contributed by atoms with E-state index in [1.165, 1.54) is 4.90 Å². The van der Waals surface area contributed by atoms with Gasteiger partial charge >= 0.3 is 0 Å². The highest BCUT2D eigenvalue weighted by Gasteiger charge is 2.17. The maximum Gasteiger partial charge on any atom is 0.237 e. The number of amides is 1. The molecule has 0 saturated heterocycles. The first-order chi connectivity index (χ1) is 8.90. The van der Waals surface area contributed by atoms with Crippen LogP contribution in [0.4, 0.5) is 0 Å². The van der Waals surface area contributed by atoms with Crippen LogP contribution in [-0.4, -0.2) is 23.7 Å². The summed E-state index contributed by atoms with van der Waals surface area (Å²) < 4.78 is 1.07. The standard InChI is InChI=1S/C14H21BrN2OS/c1-9(2)13(16)14(18)17-8-10(3)19-12-6-4-11(15)5-7-12/h4-7,9-10,13H,8,16H2,1-3H3,(H,17,18)/t10?,13-/m0/s1. The number of nitrogens with one attached hydrogen (secondary N) is 1. The van der Waals surface area contributed by atoms with Crippen LogP contribution in [0.3, 0.4) is 0 Å². The van der Waals surface area contributed by atoms with Crippen LogP contribution < -0.4 is 11.1 Å². The number of halogens is 1. The second-order valence-corrected chi connectivity index (χ2v) is 7.32. The van der Waals surface area contributed by atoms with Gasteiger partial charge in [-0.15, -0.1) is 11.8 Å². The van der Waals surface area contributed by atoms with E-state index in [-0.39, 0.29) is 11.8 Å². The van der Waals surface area contributed by atoms with Gasteiger partial charge in [0, 0.05) is 21.2 Å². The Morgan fingerprint density at radius 1 is 1.32 bits per heavy atom. The second-order valence-electron chi connectivity index (χ2n) is 4.90. The van der Waals surface area contributed by atoms with Gasteiger partial charge < -0.3 is 11.1 Å². The van der Waals surface area contributed by atoms with E-state index in [2.05, 4.69) is 40.3 Å². The number of nitrogens with two attached hydrogens (primary N) is 1. The summed E-state index contributed by atoms with van der Waals surface area (Å²) in [6.07, 6.45) is 0. The highest BCUT2D eigenvalue weighted by Crippen LogP contribution is 2.24. The Bertz CT molecular complexity index is 408. The fourth-order valence-corrected chi connectivity index (χ4v) is 2.64. The quantitative estimate of drug-likeness (QED) is 0.780. The van der Waals surface area contributed by atoms with E-state index in [1.54, 1.807) is 11.8 Å². The minimum absolute atomic E-state index is 0.0711. The molecule has 0 fully saturated rings. The Morgan fingerprint density at radius 2 is 1.89 bits per heavy atom. The van der Waals surface area contributed by atoms with Crippen LogP contribution in [0.5, 0.6) is 0 Å². The molecule has 1 amide bonds. The van der Waals surface area contributed by atoms with E-state index in [9.17, 15) is 4.79 Å². The first-order valence-electron chi connectivity index (χ1n) is 6.35. The van der Waals surface area contributed by atoms with Gasteiger partial charge in [-0.3, -0.25) is 4.79 Å². The SMILES string of the molecule is CC(CNC(=O)[C@@H](N)C(C)C)Sc1ccc(Br)cc1. The number of carbonyl (C=O) groups excluding carboxylic acids is 1. The van der Waals surface area contributed by atoms with Crippen molar-refractivity contribution in [2.24, 2.45) is 11.7 Å². The Morgan fingerprint density at radius 3 is 2.42 bits per heavy atom. The summed E-state index contributed by atoms with van der Waals surface area (Å²) in [5, 5.41) is 3.21. The molecular formula is C14H21BrN2OS. The minimum atomic E-state index is -0.426. The molecule has 3 nitrogen and oxygen atoms in total. The molecule has 0 saturated carbocycles. The van der Waals surface area contributed by atoms with E-state index in [4.69, 9.17) is 5.73 Å². The van der Waals surface area contributed by atoms with Crippen molar-refractivity contribution >= 4 is 33.6 Å². The molecule has 0 bridgehead atoms. The fraction of sp³-hybridized carbons (Fsp3) is 0.500. The molecule has 0 aromatic heterocycles. The van der Waals surface area contributed by atoms with Crippen LogP contribution in [0.15, 0.2) is 33.6 Å². The first kappa shape index (κ1) is 16.5. The molecular weight excluding hydrogens is 324 g/mol. The molecule has 0 spiro atoms. The normalized spacial score (nSPS) is 14.2. The summed E-state index contributed by atoms with van der Waals surface area (Å²) in [5.74, 6) is 0.0905. The smallest absolute Gasteiger partial charge is 0.237 e. The Hall–Kier alpha value is -0.520. The summed E-state index contributed by atoms with van der Waals surface area (Å²) in [6.45, 7) is 6.61. The van der Waals surface area contributed by atoms with Crippen LogP contribution in [-0.2, 0) is 4.79 Å². The zero-order chi connectivity index (χ0) is 14.4. The third-order valence-corrected chi connectivity index (χ3v) is 4.38. The van der Waals surface area contributed by atoms with E-state index in [0.29, 0.717) is 11.8 Å². The van der Waals surface area contributed by atoms with Crippen molar-refractivity contribution in [3.8, 4) is 0 Å². The van der Waals surface area contributed by atoms with Gasteiger partial charge in [0.15, 0.2) is 0 Å². The number of thioether (sulfide) groups is 1. The van der Waals surface area contributed by atoms with E-state index in [0.717, 1.165) is 4.47 Å². The lowest BCUT2D eigenvalue weighted by molar-refractivity contribution is -0.123. The molecule has 5 heteroatoms. The zero-order valence-electron chi connectivity index (χ0n) is 11.5. The van der Waals surface area contributed by atoms with Crippen molar-refractivity contribution < 1.29 is 4.79 Å². The molecule has 0 aliphatic rings. The van der Waals surface area contributed by atoms with Crippen LogP contribution >= 0.6 is 27.7 Å². The molecule has 19 heavy (non-hydrogen) atoms. The lowest BCUT2D eigenvalue weighted by Crippen LogP contribution is -2.45. The second kappa shape index (κ2) is 7.92. The van der Waals surface area contributed by atoms with Gasteiger partial charge in [-0.1, -0.05) is 36.7 Å². The Kier molecular flexibility index (Phi) is 6.89. The predicted molar refractivity (Wildman–Crippen MR) is 85.3 cm³/mol. The first-order valence-corrected chi connectivity index (χ1v) is 8.03. The molecule has 0 aliphatic carbocycles. The van der Waals surface area contributed by atoms with Crippen LogP contribution in [0.1, 0.15) is 20.8 Å². The van der Waals surface area contributed by atoms with E-state index < -0.39 is 6.04 Å². The van der Waals surface area contributed by atoms with Gasteiger partial charge in [0.2, 0.25) is 5.91 Å². The van der Waals surface area contributed by atoms with Crippen molar-refractivity contribution in [2.75, 3.05) is 6.54 Å². The molecule has 1 aromatic carbocycles. The van der Waals surface area contributed by atoms with Crippen molar-refractivity contribution in [3.05, 3.63) is 28.7 Å². The lowest BCUT2D eigenvalue weighted by atomic mass is 10.1. The number of carbonyl (C=O) groups is 1. The zero-order valence-corrected chi connectivity index (χ0v) is 13.9. The number of benzene rings is 1. The van der Waals surface area contributed by atoms with Gasteiger partial charge in [-0.05, 0) is 30.2 Å². The third kappa shape index (κ3) is 5.97. The minimum Gasteiger partial charge on any atom is -0.354 e. The van der Waals surface area contributed by atoms with E-state index >= 15 is 0 Å². The summed E-state index contributed by atoms with van der Waals surface area (Å²) >= 11 is 5.15. The Balaban J connectivity index is 2.37. The van der Waals surface area contributed by atoms with Gasteiger partial charge in [-0.2, -0.15) is 0 Å². The fourth-order valence-electron chi connectivity index (χ4n) is 1.45. The molecule has 106 valence electrons. The molecule has 1 unspecified atom stereocenters. The van der Waals surface area contributed by atoms with Crippen molar-refractivity contribution in [3.63, 3.8) is 0 Å². The highest BCUT2D eigenvalue weighted by molar-refractivity contribution is 9.10. The molecule has 3 N–H and O–H groups in total. The van der Waals surface area contributed by atoms with Crippen LogP contribution in [0, 0.1) is 5.92 Å². The van der Waals surface area contributed by atoms with Gasteiger partial charge in [-0.25, -0.2) is 0 Å². The van der Waals surface area contributed by atoms with Crippen molar-refractivity contribution in [1.29, 1.82) is 0 Å². The average molecular weight is 345 g/mol. The molecule has 1 aromatic rings. The van der Waals surface area contributed by atoms with Crippen molar-refractivity contribution in [1.82, 2.24) is 5.32 Å². The molecule has 0 radical (unpaired) electrons. The number of hydrogen-bond donors (Lipinski definition) is 2. The van der Waals surface area contributed by atoms with Crippen LogP contribution in [0.25, 0.3) is 0 Å². The highest BCUT2D eigenvalue weighted by atomic mass is 79.9. The van der Waals surface area contributed by atoms with Gasteiger partial charge in [0.05, 0.1) is 6.04 Å². The van der Waals surface area contributed by atoms with Gasteiger partial charge in [0.1, 0.15) is 0 Å². The maximum atomic E-state index is 11.7. The van der Waals surface area contributed by atoms with Gasteiger partial charge in [0.25, 0.3) is 0 Å². The van der Waals surface area contributed by atoms with E-state index in [1.807, 2.05) is 26.0 Å². The number of rotatable bonds is 6. The maximum absolute atomic E-state index is 11.7. The molecule has 1 rings (SSSR count). The molecule has 2 atom stereocenters. The summed E-state index contributed by atoms with van der Waals surface area (Å²) in [4.78, 5) is 12.9. The van der Waals surface area contributed by atoms with Crippen LogP contribution in [0.2, 0.25) is 0 Å². The summed E-state index contributed by atoms with van der Waals surface area (Å²) in [6, 6.07) is 7.73. The third-order valence-electron chi connectivity index (χ3n) is 2.74. The average Bonchev–Trinajstić information content (AvgIpc) is 2.37. The monoisotopic (exact) mass is 344 g/mol. The number of hydrogen-bond acceptors (Lipinski definition) is 3.